The zero-order chi connectivity index (χ0) is 17.0. The molecule has 5 nitrogen and oxygen atoms in total. The third-order valence-corrected chi connectivity index (χ3v) is 3.05. The molecular weight excluding hydrogens is 337 g/mol. The third kappa shape index (κ3) is 4.49. The van der Waals surface area contributed by atoms with Crippen LogP contribution in [0.2, 0.25) is 5.02 Å². The SMILES string of the molecule is O=C(CNC(=O)c1ccco1)Nc1cc(C(F)(F)F)ccc1Cl. The molecule has 9 heteroatoms. The van der Waals surface area contributed by atoms with Gasteiger partial charge < -0.3 is 15.1 Å². The summed E-state index contributed by atoms with van der Waals surface area (Å²) in [4.78, 5) is 23.3. The van der Waals surface area contributed by atoms with E-state index in [0.717, 1.165) is 12.1 Å². The van der Waals surface area contributed by atoms with Gasteiger partial charge in [-0.25, -0.2) is 0 Å². The lowest BCUT2D eigenvalue weighted by molar-refractivity contribution is -0.137. The minimum absolute atomic E-state index is 0.00917. The predicted octanol–water partition coefficient (Wildman–Crippen LogP) is 3.32. The first-order chi connectivity index (χ1) is 10.8. The van der Waals surface area contributed by atoms with Gasteiger partial charge in [0.25, 0.3) is 5.91 Å². The molecule has 0 aliphatic heterocycles. The lowest BCUT2D eigenvalue weighted by Crippen LogP contribution is -2.32. The first-order valence-electron chi connectivity index (χ1n) is 6.25. The molecule has 2 amide bonds. The highest BCUT2D eigenvalue weighted by molar-refractivity contribution is 6.33. The van der Waals surface area contributed by atoms with Gasteiger partial charge in [-0.1, -0.05) is 11.6 Å². The van der Waals surface area contributed by atoms with Crippen LogP contribution >= 0.6 is 11.6 Å². The molecule has 2 aromatic rings. The molecule has 0 saturated heterocycles. The van der Waals surface area contributed by atoms with Crippen molar-refractivity contribution in [2.24, 2.45) is 0 Å². The summed E-state index contributed by atoms with van der Waals surface area (Å²) in [6, 6.07) is 5.45. The number of rotatable bonds is 4. The maximum Gasteiger partial charge on any atom is 0.416 e. The molecule has 0 saturated carbocycles. The number of hydrogen-bond acceptors (Lipinski definition) is 3. The number of carbonyl (C=O) groups is 2. The molecule has 1 heterocycles. The molecule has 2 N–H and O–H groups in total. The van der Waals surface area contributed by atoms with Gasteiger partial charge in [-0.15, -0.1) is 0 Å². The second kappa shape index (κ2) is 6.74. The van der Waals surface area contributed by atoms with Crippen LogP contribution in [0.5, 0.6) is 0 Å². The van der Waals surface area contributed by atoms with Gasteiger partial charge in [0.15, 0.2) is 5.76 Å². The zero-order valence-corrected chi connectivity index (χ0v) is 12.2. The Hall–Kier alpha value is -2.48. The van der Waals surface area contributed by atoms with Crippen LogP contribution in [-0.4, -0.2) is 18.4 Å². The van der Waals surface area contributed by atoms with Crippen LogP contribution in [0, 0.1) is 0 Å². The molecule has 0 spiro atoms. The van der Waals surface area contributed by atoms with Crippen LogP contribution in [0.4, 0.5) is 18.9 Å². The molecule has 0 aliphatic rings. The normalized spacial score (nSPS) is 11.1. The summed E-state index contributed by atoms with van der Waals surface area (Å²) in [5, 5.41) is 4.41. The topological polar surface area (TPSA) is 71.3 Å². The van der Waals surface area contributed by atoms with Gasteiger partial charge in [-0.2, -0.15) is 13.2 Å². The Labute approximate surface area is 133 Å². The number of nitrogens with one attached hydrogen (secondary N) is 2. The van der Waals surface area contributed by atoms with Gasteiger partial charge >= 0.3 is 6.18 Å². The summed E-state index contributed by atoms with van der Waals surface area (Å²) in [6.07, 6.45) is -3.27. The minimum atomic E-state index is -4.56. The van der Waals surface area contributed by atoms with Crippen molar-refractivity contribution >= 4 is 29.1 Å². The molecule has 0 atom stereocenters. The molecule has 0 aliphatic carbocycles. The van der Waals surface area contributed by atoms with Crippen LogP contribution < -0.4 is 10.6 Å². The van der Waals surface area contributed by atoms with Gasteiger partial charge in [0.1, 0.15) is 0 Å². The Balaban J connectivity index is 1.99. The van der Waals surface area contributed by atoms with Crippen LogP contribution in [0.15, 0.2) is 41.0 Å². The summed E-state index contributed by atoms with van der Waals surface area (Å²) in [5.41, 5.74) is -1.14. The van der Waals surface area contributed by atoms with Crippen molar-refractivity contribution in [3.63, 3.8) is 0 Å². The Bertz CT molecular complexity index is 715. The second-order valence-corrected chi connectivity index (χ2v) is 4.81. The quantitative estimate of drug-likeness (QED) is 0.892. The molecule has 23 heavy (non-hydrogen) atoms. The number of anilines is 1. The fraction of sp³-hybridized carbons (Fsp3) is 0.143. The lowest BCUT2D eigenvalue weighted by atomic mass is 10.2. The van der Waals surface area contributed by atoms with Crippen molar-refractivity contribution < 1.29 is 27.2 Å². The first-order valence-corrected chi connectivity index (χ1v) is 6.63. The number of furan rings is 1. The predicted molar refractivity (Wildman–Crippen MR) is 76.1 cm³/mol. The molecular formula is C14H10ClF3N2O3. The Morgan fingerprint density at radius 1 is 1.22 bits per heavy atom. The summed E-state index contributed by atoms with van der Waals surface area (Å²) < 4.78 is 42.7. The van der Waals surface area contributed by atoms with Gasteiger partial charge in [0.05, 0.1) is 29.1 Å². The van der Waals surface area contributed by atoms with Crippen molar-refractivity contribution in [1.82, 2.24) is 5.32 Å². The summed E-state index contributed by atoms with van der Waals surface area (Å²) in [5.74, 6) is -1.35. The van der Waals surface area contributed by atoms with E-state index in [1.54, 1.807) is 0 Å². The summed E-state index contributed by atoms with van der Waals surface area (Å²) >= 11 is 5.75. The largest absolute Gasteiger partial charge is 0.459 e. The van der Waals surface area contributed by atoms with Crippen molar-refractivity contribution in [1.29, 1.82) is 0 Å². The van der Waals surface area contributed by atoms with E-state index in [0.29, 0.717) is 6.07 Å². The Morgan fingerprint density at radius 3 is 2.57 bits per heavy atom. The molecule has 0 fully saturated rings. The standard InChI is InChI=1S/C14H10ClF3N2O3/c15-9-4-3-8(14(16,17)18)6-10(9)20-12(21)7-19-13(22)11-2-1-5-23-11/h1-6H,7H2,(H,19,22)(H,20,21). The number of alkyl halides is 3. The van der Waals surface area contributed by atoms with E-state index in [9.17, 15) is 22.8 Å². The van der Waals surface area contributed by atoms with Crippen molar-refractivity contribution in [2.45, 2.75) is 6.18 Å². The maximum absolute atomic E-state index is 12.6. The van der Waals surface area contributed by atoms with Crippen LogP contribution in [-0.2, 0) is 11.0 Å². The summed E-state index contributed by atoms with van der Waals surface area (Å²) in [6.45, 7) is -0.452. The molecule has 1 aromatic heterocycles. The van der Waals surface area contributed by atoms with Crippen LogP contribution in [0.3, 0.4) is 0 Å². The van der Waals surface area contributed by atoms with Gasteiger partial charge in [-0.05, 0) is 30.3 Å². The molecule has 2 rings (SSSR count). The van der Waals surface area contributed by atoms with Crippen LogP contribution in [0.25, 0.3) is 0 Å². The highest BCUT2D eigenvalue weighted by Crippen LogP contribution is 2.33. The Kier molecular flexibility index (Phi) is 4.95. The lowest BCUT2D eigenvalue weighted by Gasteiger charge is -2.11. The molecule has 0 radical (unpaired) electrons. The van der Waals surface area contributed by atoms with E-state index in [1.807, 2.05) is 0 Å². The van der Waals surface area contributed by atoms with Gasteiger partial charge in [-0.3, -0.25) is 9.59 Å². The van der Waals surface area contributed by atoms with E-state index >= 15 is 0 Å². The molecule has 0 unspecified atom stereocenters. The number of hydrogen-bond donors (Lipinski definition) is 2. The van der Waals surface area contributed by atoms with Gasteiger partial charge in [0.2, 0.25) is 5.91 Å². The zero-order valence-electron chi connectivity index (χ0n) is 11.4. The van der Waals surface area contributed by atoms with E-state index in [-0.39, 0.29) is 16.5 Å². The smallest absolute Gasteiger partial charge is 0.416 e. The number of amides is 2. The van der Waals surface area contributed by atoms with Crippen molar-refractivity contribution in [3.8, 4) is 0 Å². The van der Waals surface area contributed by atoms with E-state index in [4.69, 9.17) is 16.0 Å². The third-order valence-electron chi connectivity index (χ3n) is 2.72. The average Bonchev–Trinajstić information content (AvgIpc) is 3.00. The fourth-order valence-corrected chi connectivity index (χ4v) is 1.81. The molecule has 0 bridgehead atoms. The van der Waals surface area contributed by atoms with E-state index < -0.39 is 30.1 Å². The van der Waals surface area contributed by atoms with Gasteiger partial charge in [0, 0.05) is 0 Å². The fourth-order valence-electron chi connectivity index (χ4n) is 1.65. The second-order valence-electron chi connectivity index (χ2n) is 4.40. The minimum Gasteiger partial charge on any atom is -0.459 e. The first kappa shape index (κ1) is 16.9. The highest BCUT2D eigenvalue weighted by atomic mass is 35.5. The monoisotopic (exact) mass is 346 g/mol. The average molecular weight is 347 g/mol. The molecule has 1 aromatic carbocycles. The Morgan fingerprint density at radius 2 is 1.96 bits per heavy atom. The maximum atomic E-state index is 12.6. The van der Waals surface area contributed by atoms with Crippen LogP contribution in [0.1, 0.15) is 16.1 Å². The van der Waals surface area contributed by atoms with E-state index in [2.05, 4.69) is 10.6 Å². The van der Waals surface area contributed by atoms with Crippen molar-refractivity contribution in [2.75, 3.05) is 11.9 Å². The number of halogens is 4. The summed E-state index contributed by atoms with van der Waals surface area (Å²) in [7, 11) is 0. The molecule has 122 valence electrons. The number of benzene rings is 1. The highest BCUT2D eigenvalue weighted by Gasteiger charge is 2.31. The van der Waals surface area contributed by atoms with Crippen molar-refractivity contribution in [3.05, 3.63) is 52.9 Å². The number of carbonyl (C=O) groups excluding carboxylic acids is 2. The van der Waals surface area contributed by atoms with E-state index in [1.165, 1.54) is 18.4 Å².